The first-order chi connectivity index (χ1) is 13.3. The molecular weight excluding hydrogens is 352 g/mol. The van der Waals surface area contributed by atoms with Crippen molar-refractivity contribution in [2.24, 2.45) is 0 Å². The standard InChI is InChI=1S/C22H20N4S/c23-15-20-19(18-10-7-11-24-16-18)14-21(17-8-3-1-4-9-17)25-22(20)27-26-12-5-2-6-13-26/h1,3-4,7-11,14,16H,2,5-6,12-13H2. The quantitative estimate of drug-likeness (QED) is 0.591. The maximum atomic E-state index is 9.91. The van der Waals surface area contributed by atoms with Gasteiger partial charge in [-0.15, -0.1) is 0 Å². The smallest absolute Gasteiger partial charge is 0.130 e. The lowest BCUT2D eigenvalue weighted by atomic mass is 10.0. The number of benzene rings is 1. The van der Waals surface area contributed by atoms with Crippen LogP contribution in [0.25, 0.3) is 22.4 Å². The predicted octanol–water partition coefficient (Wildman–Crippen LogP) is 5.18. The highest BCUT2D eigenvalue weighted by Gasteiger charge is 2.19. The van der Waals surface area contributed by atoms with Crippen LogP contribution in [0.1, 0.15) is 24.8 Å². The van der Waals surface area contributed by atoms with Crippen LogP contribution >= 0.6 is 11.9 Å². The van der Waals surface area contributed by atoms with E-state index in [2.05, 4.69) is 27.5 Å². The lowest BCUT2D eigenvalue weighted by Gasteiger charge is -2.25. The Labute approximate surface area is 164 Å². The second-order valence-electron chi connectivity index (χ2n) is 6.54. The lowest BCUT2D eigenvalue weighted by molar-refractivity contribution is 0.380. The second kappa shape index (κ2) is 8.34. The van der Waals surface area contributed by atoms with Crippen molar-refractivity contribution in [2.45, 2.75) is 24.3 Å². The van der Waals surface area contributed by atoms with Gasteiger partial charge in [-0.25, -0.2) is 9.29 Å². The molecule has 27 heavy (non-hydrogen) atoms. The molecule has 1 aliphatic heterocycles. The number of hydrogen-bond donors (Lipinski definition) is 0. The number of nitriles is 1. The summed E-state index contributed by atoms with van der Waals surface area (Å²) in [5.74, 6) is 0. The maximum Gasteiger partial charge on any atom is 0.130 e. The average Bonchev–Trinajstić information content (AvgIpc) is 2.75. The summed E-state index contributed by atoms with van der Waals surface area (Å²) in [6, 6.07) is 18.4. The Balaban J connectivity index is 1.84. The molecule has 1 aliphatic rings. The molecule has 0 radical (unpaired) electrons. The monoisotopic (exact) mass is 372 g/mol. The molecule has 1 fully saturated rings. The van der Waals surface area contributed by atoms with Gasteiger partial charge in [-0.2, -0.15) is 5.26 Å². The van der Waals surface area contributed by atoms with Crippen molar-refractivity contribution in [1.29, 1.82) is 5.26 Å². The topological polar surface area (TPSA) is 52.8 Å². The van der Waals surface area contributed by atoms with Crippen LogP contribution < -0.4 is 0 Å². The third-order valence-electron chi connectivity index (χ3n) is 4.67. The summed E-state index contributed by atoms with van der Waals surface area (Å²) in [7, 11) is 0. The fourth-order valence-corrected chi connectivity index (χ4v) is 4.35. The molecule has 4 rings (SSSR count). The van der Waals surface area contributed by atoms with Crippen molar-refractivity contribution < 1.29 is 0 Å². The Morgan fingerprint density at radius 3 is 2.44 bits per heavy atom. The minimum Gasteiger partial charge on any atom is -0.264 e. The van der Waals surface area contributed by atoms with Crippen LogP contribution in [-0.4, -0.2) is 27.4 Å². The zero-order chi connectivity index (χ0) is 18.5. The Morgan fingerprint density at radius 1 is 0.963 bits per heavy atom. The van der Waals surface area contributed by atoms with Gasteiger partial charge in [0.25, 0.3) is 0 Å². The molecule has 0 amide bonds. The van der Waals surface area contributed by atoms with E-state index in [9.17, 15) is 5.26 Å². The third-order valence-corrected chi connectivity index (χ3v) is 5.76. The van der Waals surface area contributed by atoms with Crippen LogP contribution in [-0.2, 0) is 0 Å². The van der Waals surface area contributed by atoms with Crippen molar-refractivity contribution in [2.75, 3.05) is 13.1 Å². The third kappa shape index (κ3) is 4.02. The summed E-state index contributed by atoms with van der Waals surface area (Å²) < 4.78 is 2.33. The van der Waals surface area contributed by atoms with E-state index in [0.29, 0.717) is 5.56 Å². The van der Waals surface area contributed by atoms with E-state index in [-0.39, 0.29) is 0 Å². The minimum absolute atomic E-state index is 0.623. The first-order valence-corrected chi connectivity index (χ1v) is 9.96. The van der Waals surface area contributed by atoms with Gasteiger partial charge in [0, 0.05) is 42.2 Å². The molecule has 3 heterocycles. The number of hydrogen-bond acceptors (Lipinski definition) is 5. The van der Waals surface area contributed by atoms with Gasteiger partial charge in [-0.3, -0.25) is 4.98 Å². The first-order valence-electron chi connectivity index (χ1n) is 9.19. The van der Waals surface area contributed by atoms with Crippen LogP contribution in [0.3, 0.4) is 0 Å². The number of nitrogens with zero attached hydrogens (tertiary/aromatic N) is 4. The highest BCUT2D eigenvalue weighted by atomic mass is 32.2. The molecule has 1 saturated heterocycles. The minimum atomic E-state index is 0.623. The highest BCUT2D eigenvalue weighted by molar-refractivity contribution is 7.97. The van der Waals surface area contributed by atoms with Gasteiger partial charge in [0.2, 0.25) is 0 Å². The van der Waals surface area contributed by atoms with Crippen LogP contribution in [0.2, 0.25) is 0 Å². The fourth-order valence-electron chi connectivity index (χ4n) is 3.28. The maximum absolute atomic E-state index is 9.91. The van der Waals surface area contributed by atoms with Crippen LogP contribution in [0.4, 0.5) is 0 Å². The second-order valence-corrected chi connectivity index (χ2v) is 7.62. The van der Waals surface area contributed by atoms with Crippen molar-refractivity contribution in [3.05, 3.63) is 66.5 Å². The summed E-state index contributed by atoms with van der Waals surface area (Å²) in [5.41, 5.74) is 4.38. The summed E-state index contributed by atoms with van der Waals surface area (Å²) in [6.07, 6.45) is 7.23. The predicted molar refractivity (Wildman–Crippen MR) is 109 cm³/mol. The van der Waals surface area contributed by atoms with E-state index in [0.717, 1.165) is 40.5 Å². The number of piperidine rings is 1. The van der Waals surface area contributed by atoms with Crippen LogP contribution in [0, 0.1) is 11.3 Å². The van der Waals surface area contributed by atoms with Crippen molar-refractivity contribution in [1.82, 2.24) is 14.3 Å². The zero-order valence-electron chi connectivity index (χ0n) is 15.0. The molecule has 0 bridgehead atoms. The van der Waals surface area contributed by atoms with Gasteiger partial charge in [-0.05, 0) is 36.9 Å². The highest BCUT2D eigenvalue weighted by Crippen LogP contribution is 2.35. The van der Waals surface area contributed by atoms with Gasteiger partial charge in [0.1, 0.15) is 11.1 Å². The van der Waals surface area contributed by atoms with Crippen LogP contribution in [0.5, 0.6) is 0 Å². The molecule has 5 heteroatoms. The fraction of sp³-hybridized carbons (Fsp3) is 0.227. The summed E-state index contributed by atoms with van der Waals surface area (Å²) in [6.45, 7) is 2.07. The van der Waals surface area contributed by atoms with E-state index in [1.54, 1.807) is 24.3 Å². The molecule has 0 aliphatic carbocycles. The lowest BCUT2D eigenvalue weighted by Crippen LogP contribution is -2.23. The summed E-state index contributed by atoms with van der Waals surface area (Å²) in [5, 5.41) is 10.7. The molecule has 0 saturated carbocycles. The zero-order valence-corrected chi connectivity index (χ0v) is 15.8. The van der Waals surface area contributed by atoms with E-state index in [4.69, 9.17) is 4.98 Å². The van der Waals surface area contributed by atoms with E-state index >= 15 is 0 Å². The molecule has 3 aromatic rings. The summed E-state index contributed by atoms with van der Waals surface area (Å²) >= 11 is 1.61. The van der Waals surface area contributed by atoms with Gasteiger partial charge >= 0.3 is 0 Å². The number of aromatic nitrogens is 2. The molecule has 134 valence electrons. The Morgan fingerprint density at radius 2 is 1.74 bits per heavy atom. The Bertz CT molecular complexity index is 945. The first kappa shape index (κ1) is 17.7. The van der Waals surface area contributed by atoms with Crippen LogP contribution in [0.15, 0.2) is 66.0 Å². The van der Waals surface area contributed by atoms with E-state index in [1.165, 1.54) is 19.3 Å². The molecule has 0 N–H and O–H groups in total. The molecule has 1 aromatic carbocycles. The largest absolute Gasteiger partial charge is 0.264 e. The van der Waals surface area contributed by atoms with Gasteiger partial charge in [-0.1, -0.05) is 42.8 Å². The van der Waals surface area contributed by atoms with Gasteiger partial charge in [0.15, 0.2) is 0 Å². The van der Waals surface area contributed by atoms with Crippen molar-refractivity contribution in [3.63, 3.8) is 0 Å². The molecule has 0 atom stereocenters. The number of pyridine rings is 2. The van der Waals surface area contributed by atoms with E-state index in [1.807, 2.05) is 36.4 Å². The summed E-state index contributed by atoms with van der Waals surface area (Å²) in [4.78, 5) is 9.11. The normalized spacial score (nSPS) is 14.6. The SMILES string of the molecule is N#Cc1c(-c2cccnc2)cc(-c2ccccc2)nc1SN1CCCCC1. The molecular formula is C22H20N4S. The van der Waals surface area contributed by atoms with Crippen molar-refractivity contribution in [3.8, 4) is 28.5 Å². The van der Waals surface area contributed by atoms with E-state index < -0.39 is 0 Å². The molecule has 2 aromatic heterocycles. The van der Waals surface area contributed by atoms with Crippen molar-refractivity contribution >= 4 is 11.9 Å². The Hall–Kier alpha value is -2.68. The number of rotatable bonds is 4. The average molecular weight is 372 g/mol. The van der Waals surface area contributed by atoms with Gasteiger partial charge < -0.3 is 0 Å². The molecule has 4 nitrogen and oxygen atoms in total. The Kier molecular flexibility index (Phi) is 5.47. The van der Waals surface area contributed by atoms with Gasteiger partial charge in [0.05, 0.1) is 11.3 Å². The molecule has 0 unspecified atom stereocenters. The molecule has 0 spiro atoms.